The standard InChI is InChI=1S/C22H33N3O3.ClH/c23-16-22(9-2-1-3-10-22)13-20(26)24-14-17-6-4-7-18(12-17)21(27)25-15-19-8-5-11-28-19;/h4,6-7,12,19H,1-3,5,8-11,13-16,23H2,(H,24,26)(H,25,27);1H. The van der Waals surface area contributed by atoms with Gasteiger partial charge in [-0.25, -0.2) is 0 Å². The van der Waals surface area contributed by atoms with Crippen molar-refractivity contribution >= 4 is 24.2 Å². The van der Waals surface area contributed by atoms with Crippen molar-refractivity contribution in [2.75, 3.05) is 19.7 Å². The van der Waals surface area contributed by atoms with Gasteiger partial charge in [0.2, 0.25) is 5.91 Å². The fourth-order valence-corrected chi connectivity index (χ4v) is 4.30. The second kappa shape index (κ2) is 11.5. The van der Waals surface area contributed by atoms with Crippen molar-refractivity contribution in [2.45, 2.75) is 64.0 Å². The molecule has 0 radical (unpaired) electrons. The molecule has 1 aromatic carbocycles. The van der Waals surface area contributed by atoms with E-state index in [4.69, 9.17) is 10.5 Å². The van der Waals surface area contributed by atoms with Crippen LogP contribution >= 0.6 is 12.4 Å². The molecule has 2 amide bonds. The second-order valence-electron chi connectivity index (χ2n) is 8.26. The summed E-state index contributed by atoms with van der Waals surface area (Å²) < 4.78 is 5.54. The highest BCUT2D eigenvalue weighted by Gasteiger charge is 2.32. The van der Waals surface area contributed by atoms with E-state index in [1.54, 1.807) is 6.07 Å². The number of benzene rings is 1. The molecule has 162 valence electrons. The van der Waals surface area contributed by atoms with Crippen LogP contribution in [0.25, 0.3) is 0 Å². The zero-order valence-electron chi connectivity index (χ0n) is 17.1. The van der Waals surface area contributed by atoms with Crippen LogP contribution in [0, 0.1) is 5.41 Å². The van der Waals surface area contributed by atoms with E-state index in [9.17, 15) is 9.59 Å². The van der Waals surface area contributed by atoms with Gasteiger partial charge in [-0.05, 0) is 55.3 Å². The van der Waals surface area contributed by atoms with Crippen LogP contribution in [0.5, 0.6) is 0 Å². The van der Waals surface area contributed by atoms with E-state index in [1.807, 2.05) is 18.2 Å². The number of ether oxygens (including phenoxy) is 1. The largest absolute Gasteiger partial charge is 0.376 e. The Kier molecular flexibility index (Phi) is 9.40. The second-order valence-corrected chi connectivity index (χ2v) is 8.26. The van der Waals surface area contributed by atoms with Crippen LogP contribution < -0.4 is 16.4 Å². The predicted molar refractivity (Wildman–Crippen MR) is 116 cm³/mol. The molecule has 6 nitrogen and oxygen atoms in total. The minimum atomic E-state index is -0.104. The summed E-state index contributed by atoms with van der Waals surface area (Å²) in [6.07, 6.45) is 8.31. The van der Waals surface area contributed by atoms with Gasteiger partial charge in [-0.2, -0.15) is 0 Å². The first-order valence-corrected chi connectivity index (χ1v) is 10.6. The molecule has 1 aromatic rings. The molecule has 1 aliphatic carbocycles. The molecular formula is C22H34ClN3O3. The summed E-state index contributed by atoms with van der Waals surface area (Å²) in [5, 5.41) is 5.94. The first-order chi connectivity index (χ1) is 13.6. The summed E-state index contributed by atoms with van der Waals surface area (Å²) in [5.41, 5.74) is 7.48. The zero-order valence-corrected chi connectivity index (χ0v) is 17.9. The molecule has 0 aromatic heterocycles. The monoisotopic (exact) mass is 423 g/mol. The van der Waals surface area contributed by atoms with Crippen LogP contribution in [-0.4, -0.2) is 37.6 Å². The van der Waals surface area contributed by atoms with Crippen molar-refractivity contribution in [1.29, 1.82) is 0 Å². The van der Waals surface area contributed by atoms with E-state index in [-0.39, 0.29) is 35.7 Å². The Labute approximate surface area is 179 Å². The smallest absolute Gasteiger partial charge is 0.251 e. The van der Waals surface area contributed by atoms with E-state index in [2.05, 4.69) is 10.6 Å². The Morgan fingerprint density at radius 1 is 1.14 bits per heavy atom. The number of hydrogen-bond acceptors (Lipinski definition) is 4. The maximum atomic E-state index is 12.5. The lowest BCUT2D eigenvalue weighted by Crippen LogP contribution is -2.38. The summed E-state index contributed by atoms with van der Waals surface area (Å²) in [5.74, 6) is -0.0615. The highest BCUT2D eigenvalue weighted by molar-refractivity contribution is 5.94. The lowest BCUT2D eigenvalue weighted by Gasteiger charge is -2.35. The van der Waals surface area contributed by atoms with E-state index in [0.29, 0.717) is 31.6 Å². The van der Waals surface area contributed by atoms with Crippen molar-refractivity contribution in [3.63, 3.8) is 0 Å². The Hall–Kier alpha value is -1.63. The minimum Gasteiger partial charge on any atom is -0.376 e. The summed E-state index contributed by atoms with van der Waals surface area (Å²) in [6, 6.07) is 7.41. The van der Waals surface area contributed by atoms with Gasteiger partial charge in [-0.3, -0.25) is 9.59 Å². The predicted octanol–water partition coefficient (Wildman–Crippen LogP) is 2.93. The number of nitrogens with two attached hydrogens (primary N) is 1. The molecule has 2 aliphatic rings. The Morgan fingerprint density at radius 2 is 1.93 bits per heavy atom. The van der Waals surface area contributed by atoms with Crippen LogP contribution in [0.2, 0.25) is 0 Å². The lowest BCUT2D eigenvalue weighted by atomic mass is 9.71. The van der Waals surface area contributed by atoms with Crippen molar-refractivity contribution in [3.05, 3.63) is 35.4 Å². The summed E-state index contributed by atoms with van der Waals surface area (Å²) in [6.45, 7) is 2.31. The third-order valence-electron chi connectivity index (χ3n) is 6.08. The molecule has 1 aliphatic heterocycles. The van der Waals surface area contributed by atoms with Crippen LogP contribution in [0.1, 0.15) is 67.3 Å². The summed E-state index contributed by atoms with van der Waals surface area (Å²) in [4.78, 5) is 24.8. The van der Waals surface area contributed by atoms with Gasteiger partial charge in [0, 0.05) is 31.7 Å². The zero-order chi connectivity index (χ0) is 19.8. The molecule has 1 saturated carbocycles. The quantitative estimate of drug-likeness (QED) is 0.599. The number of nitrogens with one attached hydrogen (secondary N) is 2. The average molecular weight is 424 g/mol. The topological polar surface area (TPSA) is 93.5 Å². The van der Waals surface area contributed by atoms with E-state index < -0.39 is 0 Å². The van der Waals surface area contributed by atoms with Gasteiger partial charge in [-0.1, -0.05) is 31.4 Å². The maximum Gasteiger partial charge on any atom is 0.251 e. The first-order valence-electron chi connectivity index (χ1n) is 10.6. The Morgan fingerprint density at radius 3 is 2.62 bits per heavy atom. The summed E-state index contributed by atoms with van der Waals surface area (Å²) in [7, 11) is 0. The first kappa shape index (κ1) is 23.6. The van der Waals surface area contributed by atoms with Crippen molar-refractivity contribution in [1.82, 2.24) is 10.6 Å². The summed E-state index contributed by atoms with van der Waals surface area (Å²) >= 11 is 0. The third kappa shape index (κ3) is 6.98. The average Bonchev–Trinajstić information content (AvgIpc) is 3.25. The van der Waals surface area contributed by atoms with Crippen LogP contribution in [0.3, 0.4) is 0 Å². The van der Waals surface area contributed by atoms with Gasteiger partial charge < -0.3 is 21.1 Å². The third-order valence-corrected chi connectivity index (χ3v) is 6.08. The number of rotatable bonds is 8. The molecule has 7 heteroatoms. The molecule has 2 fully saturated rings. The number of amides is 2. The highest BCUT2D eigenvalue weighted by atomic mass is 35.5. The van der Waals surface area contributed by atoms with Gasteiger partial charge >= 0.3 is 0 Å². The molecule has 1 heterocycles. The molecule has 1 atom stereocenters. The van der Waals surface area contributed by atoms with Crippen molar-refractivity contribution in [2.24, 2.45) is 11.1 Å². The molecule has 29 heavy (non-hydrogen) atoms. The molecular weight excluding hydrogens is 390 g/mol. The van der Waals surface area contributed by atoms with Crippen LogP contribution in [0.15, 0.2) is 24.3 Å². The molecule has 1 unspecified atom stereocenters. The maximum absolute atomic E-state index is 12.5. The molecule has 0 spiro atoms. The number of halogens is 1. The van der Waals surface area contributed by atoms with Crippen LogP contribution in [0.4, 0.5) is 0 Å². The van der Waals surface area contributed by atoms with E-state index >= 15 is 0 Å². The van der Waals surface area contributed by atoms with Gasteiger partial charge in [0.1, 0.15) is 0 Å². The minimum absolute atomic E-state index is 0. The fraction of sp³-hybridized carbons (Fsp3) is 0.636. The van der Waals surface area contributed by atoms with E-state index in [0.717, 1.165) is 50.7 Å². The van der Waals surface area contributed by atoms with E-state index in [1.165, 1.54) is 6.42 Å². The van der Waals surface area contributed by atoms with Crippen molar-refractivity contribution < 1.29 is 14.3 Å². The molecule has 1 saturated heterocycles. The van der Waals surface area contributed by atoms with Gasteiger partial charge in [0.15, 0.2) is 0 Å². The number of hydrogen-bond donors (Lipinski definition) is 3. The normalized spacial score (nSPS) is 20.5. The SMILES string of the molecule is Cl.NCC1(CC(=O)NCc2cccc(C(=O)NCC3CCCO3)c2)CCCCC1. The molecule has 0 bridgehead atoms. The van der Waals surface area contributed by atoms with Gasteiger partial charge in [-0.15, -0.1) is 12.4 Å². The number of carbonyl (C=O) groups is 2. The Balaban J connectivity index is 0.00000300. The molecule has 4 N–H and O–H groups in total. The lowest BCUT2D eigenvalue weighted by molar-refractivity contribution is -0.124. The fourth-order valence-electron chi connectivity index (χ4n) is 4.30. The van der Waals surface area contributed by atoms with Crippen molar-refractivity contribution in [3.8, 4) is 0 Å². The van der Waals surface area contributed by atoms with Gasteiger partial charge in [0.25, 0.3) is 5.91 Å². The Bertz CT molecular complexity index is 671. The molecule has 3 rings (SSSR count). The van der Waals surface area contributed by atoms with Crippen LogP contribution in [-0.2, 0) is 16.1 Å². The highest BCUT2D eigenvalue weighted by Crippen LogP contribution is 2.38. The van der Waals surface area contributed by atoms with Gasteiger partial charge in [0.05, 0.1) is 6.10 Å². The number of carbonyl (C=O) groups excluding carboxylic acids is 2.